The molecule has 0 aromatic rings. The highest BCUT2D eigenvalue weighted by Gasteiger charge is 2.21. The lowest BCUT2D eigenvalue weighted by Crippen LogP contribution is -1.94. The summed E-state index contributed by atoms with van der Waals surface area (Å²) in [5.41, 5.74) is 0. The van der Waals surface area contributed by atoms with E-state index in [2.05, 4.69) is 0 Å². The first-order valence-electron chi connectivity index (χ1n) is 2.49. The van der Waals surface area contributed by atoms with Gasteiger partial charge in [-0.1, -0.05) is 0 Å². The molecule has 8 heavy (non-hydrogen) atoms. The van der Waals surface area contributed by atoms with Crippen molar-refractivity contribution in [1.82, 2.24) is 0 Å². The highest BCUT2D eigenvalue weighted by Crippen LogP contribution is 2.06. The Kier molecular flexibility index (Phi) is 4.95. The molecule has 0 spiro atoms. The van der Waals surface area contributed by atoms with Crippen LogP contribution in [-0.2, 0) is 9.47 Å². The van der Waals surface area contributed by atoms with Crippen molar-refractivity contribution in [3.05, 3.63) is 0 Å². The van der Waals surface area contributed by atoms with Gasteiger partial charge >= 0.3 is 0 Å². The molecule has 3 nitrogen and oxygen atoms in total. The zero-order valence-electron chi connectivity index (χ0n) is 5.26. The predicted molar refractivity (Wildman–Crippen MR) is 29.8 cm³/mol. The van der Waals surface area contributed by atoms with Gasteiger partial charge in [0.05, 0.1) is 13.2 Å². The molecule has 1 atom stereocenters. The number of aliphatic hydroxyl groups excluding tert-OH is 1. The lowest BCUT2D eigenvalue weighted by Gasteiger charge is -1.84. The van der Waals surface area contributed by atoms with Crippen molar-refractivity contribution in [2.45, 2.75) is 6.10 Å². The fourth-order valence-corrected chi connectivity index (χ4v) is 0.350. The molecule has 1 N–H and O–H groups in total. The van der Waals surface area contributed by atoms with E-state index in [-0.39, 0.29) is 0 Å². The molecule has 1 unspecified atom stereocenters. The molecule has 0 aliphatic carbocycles. The van der Waals surface area contributed by atoms with Crippen LogP contribution in [-0.4, -0.2) is 38.6 Å². The Bertz CT molecular complexity index is 42.9. The van der Waals surface area contributed by atoms with Crippen LogP contribution < -0.4 is 0 Å². The molecule has 0 aromatic heterocycles. The van der Waals surface area contributed by atoms with E-state index in [1.165, 1.54) is 0 Å². The summed E-state index contributed by atoms with van der Waals surface area (Å²) in [7, 11) is 2.68. The molecular weight excluding hydrogens is 108 g/mol. The predicted octanol–water partition coefficient (Wildman–Crippen LogP) is -0.360. The van der Waals surface area contributed by atoms with Gasteiger partial charge in [0, 0.05) is 14.2 Å². The van der Waals surface area contributed by atoms with Crippen LogP contribution in [0.3, 0.4) is 0 Å². The van der Waals surface area contributed by atoms with Crippen molar-refractivity contribution in [2.75, 3.05) is 27.4 Å². The standard InChI is InChI=1S/C4H8O2.CH4O/c1-5-2-4-3-6-4;1-2/h4H,2-3H2,1H3;2H,1H3. The third-order valence-electron chi connectivity index (χ3n) is 0.755. The Balaban J connectivity index is 0.000000222. The van der Waals surface area contributed by atoms with E-state index in [0.29, 0.717) is 6.10 Å². The summed E-state index contributed by atoms with van der Waals surface area (Å²) < 4.78 is 9.56. The summed E-state index contributed by atoms with van der Waals surface area (Å²) >= 11 is 0. The molecule has 0 bridgehead atoms. The molecule has 0 aromatic carbocycles. The molecule has 1 aliphatic rings. The maximum Gasteiger partial charge on any atom is 0.104 e. The quantitative estimate of drug-likeness (QED) is 0.506. The Hall–Kier alpha value is -0.120. The number of methoxy groups -OCH3 is 1. The zero-order chi connectivity index (χ0) is 6.41. The van der Waals surface area contributed by atoms with Crippen molar-refractivity contribution >= 4 is 0 Å². The second-order valence-corrected chi connectivity index (χ2v) is 1.41. The normalized spacial score (nSPS) is 23.6. The SMILES string of the molecule is CO.COCC1CO1. The maximum absolute atomic E-state index is 7.00. The van der Waals surface area contributed by atoms with Gasteiger partial charge in [-0.3, -0.25) is 0 Å². The average molecular weight is 120 g/mol. The molecule has 0 radical (unpaired) electrons. The second kappa shape index (κ2) is 5.03. The minimum absolute atomic E-state index is 0.426. The summed E-state index contributed by atoms with van der Waals surface area (Å²) in [6.45, 7) is 1.66. The van der Waals surface area contributed by atoms with Crippen LogP contribution in [0.25, 0.3) is 0 Å². The van der Waals surface area contributed by atoms with Gasteiger partial charge in [0.25, 0.3) is 0 Å². The molecule has 50 valence electrons. The van der Waals surface area contributed by atoms with E-state index in [1.807, 2.05) is 0 Å². The monoisotopic (exact) mass is 120 g/mol. The minimum Gasteiger partial charge on any atom is -0.400 e. The van der Waals surface area contributed by atoms with Gasteiger partial charge in [0.15, 0.2) is 0 Å². The van der Waals surface area contributed by atoms with Crippen molar-refractivity contribution in [3.63, 3.8) is 0 Å². The second-order valence-electron chi connectivity index (χ2n) is 1.41. The van der Waals surface area contributed by atoms with E-state index in [9.17, 15) is 0 Å². The summed E-state index contributed by atoms with van der Waals surface area (Å²) in [5, 5.41) is 7.00. The largest absolute Gasteiger partial charge is 0.400 e. The fraction of sp³-hybridized carbons (Fsp3) is 1.00. The summed E-state index contributed by atoms with van der Waals surface area (Å²) in [4.78, 5) is 0. The van der Waals surface area contributed by atoms with E-state index >= 15 is 0 Å². The Morgan fingerprint density at radius 3 is 2.38 bits per heavy atom. The van der Waals surface area contributed by atoms with Gasteiger partial charge < -0.3 is 14.6 Å². The lowest BCUT2D eigenvalue weighted by molar-refractivity contribution is 0.171. The highest BCUT2D eigenvalue weighted by atomic mass is 16.6. The number of rotatable bonds is 2. The molecule has 1 heterocycles. The first-order valence-corrected chi connectivity index (χ1v) is 2.49. The maximum atomic E-state index is 7.00. The number of hydrogen-bond acceptors (Lipinski definition) is 3. The van der Waals surface area contributed by atoms with Crippen molar-refractivity contribution < 1.29 is 14.6 Å². The first-order chi connectivity index (χ1) is 3.93. The third kappa shape index (κ3) is 4.05. The molecular formula is C5H12O3. The van der Waals surface area contributed by atoms with E-state index < -0.39 is 0 Å². The van der Waals surface area contributed by atoms with E-state index in [4.69, 9.17) is 14.6 Å². The Morgan fingerprint density at radius 1 is 1.75 bits per heavy atom. The average Bonchev–Trinajstić information content (AvgIpc) is 2.57. The van der Waals surface area contributed by atoms with Gasteiger partial charge in [0.1, 0.15) is 6.10 Å². The molecule has 1 fully saturated rings. The number of aliphatic hydroxyl groups is 1. The van der Waals surface area contributed by atoms with Crippen LogP contribution in [0.5, 0.6) is 0 Å². The van der Waals surface area contributed by atoms with Crippen LogP contribution in [0.1, 0.15) is 0 Å². The lowest BCUT2D eigenvalue weighted by atomic mass is 10.5. The number of epoxide rings is 1. The molecule has 0 saturated carbocycles. The fourth-order valence-electron chi connectivity index (χ4n) is 0.350. The van der Waals surface area contributed by atoms with Crippen molar-refractivity contribution in [2.24, 2.45) is 0 Å². The first kappa shape index (κ1) is 7.88. The highest BCUT2D eigenvalue weighted by molar-refractivity contribution is 4.66. The molecule has 1 saturated heterocycles. The summed E-state index contributed by atoms with van der Waals surface area (Å²) in [6.07, 6.45) is 0.426. The summed E-state index contributed by atoms with van der Waals surface area (Å²) in [5.74, 6) is 0. The van der Waals surface area contributed by atoms with Crippen molar-refractivity contribution in [3.8, 4) is 0 Å². The number of hydrogen-bond donors (Lipinski definition) is 1. The topological polar surface area (TPSA) is 42.0 Å². The summed E-state index contributed by atoms with van der Waals surface area (Å²) in [6, 6.07) is 0. The van der Waals surface area contributed by atoms with Crippen LogP contribution in [0.15, 0.2) is 0 Å². The Morgan fingerprint density at radius 2 is 2.25 bits per heavy atom. The molecule has 1 aliphatic heterocycles. The van der Waals surface area contributed by atoms with Crippen LogP contribution in [0.2, 0.25) is 0 Å². The van der Waals surface area contributed by atoms with Gasteiger partial charge in [-0.2, -0.15) is 0 Å². The van der Waals surface area contributed by atoms with Crippen molar-refractivity contribution in [1.29, 1.82) is 0 Å². The van der Waals surface area contributed by atoms with Gasteiger partial charge in [0.2, 0.25) is 0 Å². The third-order valence-corrected chi connectivity index (χ3v) is 0.755. The van der Waals surface area contributed by atoms with Gasteiger partial charge in [-0.15, -0.1) is 0 Å². The Labute approximate surface area is 49.2 Å². The van der Waals surface area contributed by atoms with Crippen LogP contribution in [0.4, 0.5) is 0 Å². The van der Waals surface area contributed by atoms with Crippen LogP contribution >= 0.6 is 0 Å². The molecule has 3 heteroatoms. The number of ether oxygens (including phenoxy) is 2. The minimum atomic E-state index is 0.426. The van der Waals surface area contributed by atoms with Gasteiger partial charge in [-0.05, 0) is 0 Å². The van der Waals surface area contributed by atoms with E-state index in [1.54, 1.807) is 7.11 Å². The van der Waals surface area contributed by atoms with Gasteiger partial charge in [-0.25, -0.2) is 0 Å². The molecule has 1 rings (SSSR count). The van der Waals surface area contributed by atoms with E-state index in [0.717, 1.165) is 20.3 Å². The smallest absolute Gasteiger partial charge is 0.104 e. The van der Waals surface area contributed by atoms with Crippen LogP contribution in [0, 0.1) is 0 Å². The zero-order valence-corrected chi connectivity index (χ0v) is 5.26. The molecule has 0 amide bonds.